The summed E-state index contributed by atoms with van der Waals surface area (Å²) in [4.78, 5) is 33.5. The van der Waals surface area contributed by atoms with E-state index in [0.717, 1.165) is 57.7 Å². The van der Waals surface area contributed by atoms with Gasteiger partial charge in [0, 0.05) is 47.0 Å². The highest BCUT2D eigenvalue weighted by atomic mass is 127. The Labute approximate surface area is 228 Å². The van der Waals surface area contributed by atoms with Gasteiger partial charge in [-0.2, -0.15) is 0 Å². The van der Waals surface area contributed by atoms with Crippen molar-refractivity contribution in [3.8, 4) is 0 Å². The molecule has 5 nitrogen and oxygen atoms in total. The molecular formula is C28H35ClIN3O2. The van der Waals surface area contributed by atoms with Crippen LogP contribution < -0.4 is 4.90 Å². The third-order valence-electron chi connectivity index (χ3n) is 8.00. The van der Waals surface area contributed by atoms with Gasteiger partial charge >= 0.3 is 0 Å². The van der Waals surface area contributed by atoms with Gasteiger partial charge in [0.25, 0.3) is 5.91 Å². The molecule has 1 atom stereocenters. The Morgan fingerprint density at radius 2 is 1.66 bits per heavy atom. The number of hydrogen-bond acceptors (Lipinski definition) is 3. The Kier molecular flexibility index (Phi) is 8.44. The third-order valence-corrected chi connectivity index (χ3v) is 8.67. The van der Waals surface area contributed by atoms with Crippen molar-refractivity contribution >= 4 is 52.5 Å². The van der Waals surface area contributed by atoms with E-state index in [1.165, 1.54) is 32.1 Å². The van der Waals surface area contributed by atoms with Crippen LogP contribution in [-0.2, 0) is 4.79 Å². The number of halogens is 2. The lowest BCUT2D eigenvalue weighted by atomic mass is 9.93. The van der Waals surface area contributed by atoms with E-state index in [1.807, 2.05) is 47.1 Å². The molecule has 1 saturated carbocycles. The lowest BCUT2D eigenvalue weighted by Crippen LogP contribution is -2.52. The maximum Gasteiger partial charge on any atom is 0.259 e. The molecule has 1 aliphatic carbocycles. The summed E-state index contributed by atoms with van der Waals surface area (Å²) in [6.45, 7) is 7.64. The van der Waals surface area contributed by atoms with Crippen molar-refractivity contribution in [1.29, 1.82) is 0 Å². The van der Waals surface area contributed by atoms with Crippen LogP contribution in [0.4, 0.5) is 5.69 Å². The van der Waals surface area contributed by atoms with Gasteiger partial charge in [-0.05, 0) is 90.2 Å². The molecule has 5 rings (SSSR count). The number of amides is 2. The van der Waals surface area contributed by atoms with Crippen LogP contribution in [0, 0.1) is 17.4 Å². The number of fused-ring (bicyclic) bond motifs is 1. The third kappa shape index (κ3) is 5.39. The second kappa shape index (κ2) is 11.2. The van der Waals surface area contributed by atoms with Crippen LogP contribution in [0.25, 0.3) is 0 Å². The molecule has 0 spiro atoms. The van der Waals surface area contributed by atoms with Crippen molar-refractivity contribution in [1.82, 2.24) is 9.80 Å². The molecule has 0 aromatic heterocycles. The number of carbonyl (C=O) groups is 2. The minimum atomic E-state index is -0.260. The molecule has 2 heterocycles. The summed E-state index contributed by atoms with van der Waals surface area (Å²) in [6, 6.07) is 12.6. The maximum absolute atomic E-state index is 13.6. The number of carbonyl (C=O) groups excluding carboxylic acids is 2. The summed E-state index contributed by atoms with van der Waals surface area (Å²) in [7, 11) is 0. The second-order valence-electron chi connectivity index (χ2n) is 10.1. The van der Waals surface area contributed by atoms with Crippen LogP contribution in [-0.4, -0.2) is 53.8 Å². The first-order chi connectivity index (χ1) is 16.4. The highest BCUT2D eigenvalue weighted by molar-refractivity contribution is 14.1. The Morgan fingerprint density at radius 3 is 2.34 bits per heavy atom. The van der Waals surface area contributed by atoms with Crippen LogP contribution in [0.3, 0.4) is 0 Å². The number of benzene rings is 2. The number of rotatable bonds is 4. The molecule has 2 aromatic carbocycles. The largest absolute Gasteiger partial charge is 0.340 e. The van der Waals surface area contributed by atoms with E-state index in [2.05, 4.69) is 40.5 Å². The summed E-state index contributed by atoms with van der Waals surface area (Å²) in [5.41, 5.74) is 4.86. The lowest BCUT2D eigenvalue weighted by Gasteiger charge is -2.41. The zero-order chi connectivity index (χ0) is 23.8. The molecule has 188 valence electrons. The average Bonchev–Trinajstić information content (AvgIpc) is 3.10. The molecule has 0 N–H and O–H groups in total. The van der Waals surface area contributed by atoms with E-state index in [4.69, 9.17) is 0 Å². The van der Waals surface area contributed by atoms with Crippen LogP contribution in [0.5, 0.6) is 0 Å². The summed E-state index contributed by atoms with van der Waals surface area (Å²) >= 11 is 2.28. The Hall–Kier alpha value is -1.64. The maximum atomic E-state index is 13.6. The van der Waals surface area contributed by atoms with E-state index in [-0.39, 0.29) is 30.3 Å². The van der Waals surface area contributed by atoms with Gasteiger partial charge in [-0.25, -0.2) is 0 Å². The molecule has 3 aliphatic rings. The molecular weight excluding hydrogens is 573 g/mol. The normalized spacial score (nSPS) is 21.1. The standard InChI is InChI=1S/C28H34IN3O2.ClH/c1-19-15-24-25(16-20(19)2)28(34)32(23-10-6-7-21(29)17-23)26(24)18-27(33)31-13-11-30(12-14-31)22-8-4-3-5-9-22;/h6-7,10,15-17,22,26H,3-5,8-9,11-14,18H2,1-2H3;1H. The monoisotopic (exact) mass is 607 g/mol. The van der Waals surface area contributed by atoms with Crippen molar-refractivity contribution in [2.45, 2.75) is 64.5 Å². The van der Waals surface area contributed by atoms with E-state index in [9.17, 15) is 9.59 Å². The first kappa shape index (κ1) is 26.4. The minimum absolute atomic E-state index is 0. The molecule has 1 unspecified atom stereocenters. The first-order valence-electron chi connectivity index (χ1n) is 12.6. The lowest BCUT2D eigenvalue weighted by molar-refractivity contribution is -0.133. The van der Waals surface area contributed by atoms with E-state index in [0.29, 0.717) is 12.5 Å². The molecule has 7 heteroatoms. The van der Waals surface area contributed by atoms with E-state index < -0.39 is 0 Å². The van der Waals surface area contributed by atoms with Crippen molar-refractivity contribution in [3.63, 3.8) is 0 Å². The Morgan fingerprint density at radius 1 is 0.971 bits per heavy atom. The van der Waals surface area contributed by atoms with Gasteiger partial charge in [0.15, 0.2) is 0 Å². The van der Waals surface area contributed by atoms with Gasteiger partial charge in [0.2, 0.25) is 5.91 Å². The van der Waals surface area contributed by atoms with Gasteiger partial charge in [-0.15, -0.1) is 12.4 Å². The molecule has 0 bridgehead atoms. The molecule has 2 fully saturated rings. The number of aryl methyl sites for hydroxylation is 2. The summed E-state index contributed by atoms with van der Waals surface area (Å²) < 4.78 is 1.08. The molecule has 2 amide bonds. The van der Waals surface area contributed by atoms with Gasteiger partial charge < -0.3 is 9.80 Å². The van der Waals surface area contributed by atoms with Crippen molar-refractivity contribution in [2.75, 3.05) is 31.1 Å². The van der Waals surface area contributed by atoms with Crippen LogP contribution in [0.1, 0.15) is 71.6 Å². The quantitative estimate of drug-likeness (QED) is 0.407. The van der Waals surface area contributed by atoms with Crippen LogP contribution in [0.15, 0.2) is 36.4 Å². The van der Waals surface area contributed by atoms with Crippen molar-refractivity contribution < 1.29 is 9.59 Å². The topological polar surface area (TPSA) is 43.9 Å². The minimum Gasteiger partial charge on any atom is -0.340 e. The molecule has 0 radical (unpaired) electrons. The van der Waals surface area contributed by atoms with Gasteiger partial charge in [-0.1, -0.05) is 31.4 Å². The number of piperazine rings is 1. The number of nitrogens with zero attached hydrogens (tertiary/aromatic N) is 3. The summed E-state index contributed by atoms with van der Waals surface area (Å²) in [5, 5.41) is 0. The smallest absolute Gasteiger partial charge is 0.259 e. The fourth-order valence-corrected chi connectivity index (χ4v) is 6.44. The predicted molar refractivity (Wildman–Crippen MR) is 152 cm³/mol. The van der Waals surface area contributed by atoms with Crippen molar-refractivity contribution in [3.05, 3.63) is 62.2 Å². The van der Waals surface area contributed by atoms with E-state index >= 15 is 0 Å². The van der Waals surface area contributed by atoms with Crippen molar-refractivity contribution in [2.24, 2.45) is 0 Å². The van der Waals surface area contributed by atoms with E-state index in [1.54, 1.807) is 0 Å². The first-order valence-corrected chi connectivity index (χ1v) is 13.7. The highest BCUT2D eigenvalue weighted by Gasteiger charge is 2.40. The fourth-order valence-electron chi connectivity index (χ4n) is 5.91. The second-order valence-corrected chi connectivity index (χ2v) is 11.4. The van der Waals surface area contributed by atoms with Crippen LogP contribution >= 0.6 is 35.0 Å². The molecule has 2 aliphatic heterocycles. The Bertz CT molecular complexity index is 1090. The highest BCUT2D eigenvalue weighted by Crippen LogP contribution is 2.41. The predicted octanol–water partition coefficient (Wildman–Crippen LogP) is 5.90. The number of hydrogen-bond donors (Lipinski definition) is 0. The van der Waals surface area contributed by atoms with Gasteiger partial charge in [0.05, 0.1) is 12.5 Å². The van der Waals surface area contributed by atoms with Gasteiger partial charge in [-0.3, -0.25) is 14.5 Å². The fraction of sp³-hybridized carbons (Fsp3) is 0.500. The number of anilines is 1. The zero-order valence-electron chi connectivity index (χ0n) is 20.6. The summed E-state index contributed by atoms with van der Waals surface area (Å²) in [5.74, 6) is 0.155. The average molecular weight is 608 g/mol. The SMILES string of the molecule is Cc1cc2c(cc1C)C(CC(=O)N1CCN(C3CCCCC3)CC1)N(c1cccc(I)c1)C2=O.Cl. The molecule has 1 saturated heterocycles. The zero-order valence-corrected chi connectivity index (χ0v) is 23.6. The molecule has 35 heavy (non-hydrogen) atoms. The van der Waals surface area contributed by atoms with Gasteiger partial charge in [0.1, 0.15) is 0 Å². The molecule has 2 aromatic rings. The van der Waals surface area contributed by atoms with Crippen LogP contribution in [0.2, 0.25) is 0 Å². The Balaban J connectivity index is 0.00000289. The summed E-state index contributed by atoms with van der Waals surface area (Å²) in [6.07, 6.45) is 6.98.